The lowest BCUT2D eigenvalue weighted by molar-refractivity contribution is -0.144. The van der Waals surface area contributed by atoms with Gasteiger partial charge in [-0.25, -0.2) is 4.98 Å². The molecule has 1 unspecified atom stereocenters. The molecule has 2 aromatic carbocycles. The van der Waals surface area contributed by atoms with Crippen LogP contribution in [0.5, 0.6) is 0 Å². The summed E-state index contributed by atoms with van der Waals surface area (Å²) < 4.78 is 1.48. The van der Waals surface area contributed by atoms with Crippen LogP contribution in [0.2, 0.25) is 0 Å². The third kappa shape index (κ3) is 7.17. The van der Waals surface area contributed by atoms with Crippen molar-refractivity contribution in [2.24, 2.45) is 7.05 Å². The molecule has 2 aromatic heterocycles. The Morgan fingerprint density at radius 2 is 1.77 bits per heavy atom. The van der Waals surface area contributed by atoms with E-state index in [1.807, 2.05) is 36.1 Å². The highest BCUT2D eigenvalue weighted by Crippen LogP contribution is 2.32. The minimum absolute atomic E-state index is 0.115. The van der Waals surface area contributed by atoms with Crippen molar-refractivity contribution in [3.8, 4) is 11.3 Å². The van der Waals surface area contributed by atoms with Gasteiger partial charge in [-0.15, -0.1) is 11.3 Å². The number of carboxylic acid groups (broad SMARTS) is 1. The fraction of sp³-hybridized carbons (Fsp3) is 0.389. The molecular weight excluding hydrogens is 613 g/mol. The minimum Gasteiger partial charge on any atom is -0.480 e. The Morgan fingerprint density at radius 1 is 1.02 bits per heavy atom. The number of hydrogen-bond donors (Lipinski definition) is 3. The summed E-state index contributed by atoms with van der Waals surface area (Å²) in [6.07, 6.45) is 7.35. The highest BCUT2D eigenvalue weighted by atomic mass is 32.1. The van der Waals surface area contributed by atoms with Gasteiger partial charge >= 0.3 is 5.97 Å². The summed E-state index contributed by atoms with van der Waals surface area (Å²) in [4.78, 5) is 49.8. The number of carboxylic acids is 1. The molecular formula is C36H42N6O4S. The third-order valence-corrected chi connectivity index (χ3v) is 10.6. The molecule has 0 radical (unpaired) electrons. The fourth-order valence-corrected chi connectivity index (χ4v) is 7.71. The van der Waals surface area contributed by atoms with E-state index in [0.29, 0.717) is 35.7 Å². The number of fused-ring (bicyclic) bond motifs is 1. The second-order valence-electron chi connectivity index (χ2n) is 12.4. The molecule has 1 atom stereocenters. The van der Waals surface area contributed by atoms with Crippen LogP contribution in [0, 0.1) is 6.92 Å². The van der Waals surface area contributed by atoms with E-state index in [-0.39, 0.29) is 17.3 Å². The topological polar surface area (TPSA) is 120 Å². The zero-order chi connectivity index (χ0) is 33.1. The number of aliphatic carboxylic acids is 1. The van der Waals surface area contributed by atoms with Gasteiger partial charge in [0.25, 0.3) is 11.5 Å². The van der Waals surface area contributed by atoms with E-state index in [2.05, 4.69) is 22.5 Å². The number of anilines is 3. The zero-order valence-corrected chi connectivity index (χ0v) is 28.0. The molecule has 1 aliphatic carbocycles. The average molecular weight is 655 g/mol. The van der Waals surface area contributed by atoms with Crippen LogP contribution in [0.25, 0.3) is 11.3 Å². The van der Waals surface area contributed by atoms with Crippen LogP contribution in [0.3, 0.4) is 0 Å². The van der Waals surface area contributed by atoms with Crippen LogP contribution < -0.4 is 16.2 Å². The number of hydrogen-bond acceptors (Lipinski definition) is 8. The van der Waals surface area contributed by atoms with Crippen LogP contribution in [-0.4, -0.2) is 69.1 Å². The van der Waals surface area contributed by atoms with Crippen molar-refractivity contribution in [2.75, 3.05) is 43.4 Å². The van der Waals surface area contributed by atoms with E-state index in [1.165, 1.54) is 34.3 Å². The van der Waals surface area contributed by atoms with Crippen molar-refractivity contribution < 1.29 is 14.7 Å². The van der Waals surface area contributed by atoms with Gasteiger partial charge < -0.3 is 25.2 Å². The lowest BCUT2D eigenvalue weighted by Crippen LogP contribution is -2.49. The number of aromatic nitrogens is 2. The Hall–Kier alpha value is -4.32. The van der Waals surface area contributed by atoms with Gasteiger partial charge in [0, 0.05) is 61.2 Å². The molecule has 1 fully saturated rings. The highest BCUT2D eigenvalue weighted by Gasteiger charge is 2.30. The predicted octanol–water partition coefficient (Wildman–Crippen LogP) is 5.85. The van der Waals surface area contributed by atoms with E-state index in [0.717, 1.165) is 48.5 Å². The van der Waals surface area contributed by atoms with Crippen molar-refractivity contribution in [1.82, 2.24) is 19.4 Å². The Labute approximate surface area is 279 Å². The molecule has 0 bridgehead atoms. The van der Waals surface area contributed by atoms with Gasteiger partial charge in [0.15, 0.2) is 5.82 Å². The smallest absolute Gasteiger partial charge is 0.325 e. The first-order chi connectivity index (χ1) is 22.7. The second kappa shape index (κ2) is 14.2. The summed E-state index contributed by atoms with van der Waals surface area (Å²) in [5.74, 6) is -0.842. The van der Waals surface area contributed by atoms with Crippen LogP contribution in [0.1, 0.15) is 63.5 Å². The highest BCUT2D eigenvalue weighted by molar-refractivity contribution is 7.14. The average Bonchev–Trinajstić information content (AvgIpc) is 3.35. The van der Waals surface area contributed by atoms with Crippen LogP contribution in [0.15, 0.2) is 59.5 Å². The Bertz CT molecular complexity index is 1800. The maximum Gasteiger partial charge on any atom is 0.325 e. The molecule has 1 saturated heterocycles. The summed E-state index contributed by atoms with van der Waals surface area (Å²) in [5.41, 5.74) is 5.25. The molecule has 10 nitrogen and oxygen atoms in total. The fourth-order valence-electron chi connectivity index (χ4n) is 6.56. The van der Waals surface area contributed by atoms with Gasteiger partial charge in [0.05, 0.1) is 10.6 Å². The molecule has 3 N–H and O–H groups in total. The van der Waals surface area contributed by atoms with E-state index < -0.39 is 12.0 Å². The normalized spacial score (nSPS) is 16.2. The number of likely N-dealkylation sites (N-methyl/N-ethyl adjacent to an activating group) is 1. The maximum atomic E-state index is 13.3. The number of rotatable bonds is 9. The van der Waals surface area contributed by atoms with Crippen molar-refractivity contribution in [1.29, 1.82) is 0 Å². The quantitative estimate of drug-likeness (QED) is 0.193. The van der Waals surface area contributed by atoms with Crippen molar-refractivity contribution in [3.63, 3.8) is 0 Å². The van der Waals surface area contributed by atoms with Gasteiger partial charge in [0.2, 0.25) is 0 Å². The summed E-state index contributed by atoms with van der Waals surface area (Å²) in [6.45, 7) is 8.08. The molecule has 0 spiro atoms. The number of aryl methyl sites for hydroxylation is 3. The molecule has 1 aliphatic heterocycles. The molecule has 6 rings (SSSR count). The standard InChI is InChI=1S/C36H42N6O4S/c1-4-41-17-19-42(20-18-41)32(36(45)46)24-13-15-26(16-14-24)37-33-35(44)40(3)22-29(38-33)27-10-8-11-28(23(27)2)39-34(43)31-21-25-9-6-5-7-12-30(25)47-31/h8,10-11,13-16,21-22,32H,4-7,9,12,17-20H2,1-3H3,(H,37,38)(H,39,43)(H,45,46). The molecule has 11 heteroatoms. The van der Waals surface area contributed by atoms with Gasteiger partial charge in [-0.05, 0) is 80.1 Å². The summed E-state index contributed by atoms with van der Waals surface area (Å²) in [6, 6.07) is 14.2. The number of benzene rings is 2. The van der Waals surface area contributed by atoms with E-state index >= 15 is 0 Å². The van der Waals surface area contributed by atoms with Gasteiger partial charge in [0.1, 0.15) is 6.04 Å². The minimum atomic E-state index is -0.877. The predicted molar refractivity (Wildman–Crippen MR) is 187 cm³/mol. The van der Waals surface area contributed by atoms with Crippen molar-refractivity contribution >= 4 is 40.4 Å². The van der Waals surface area contributed by atoms with Crippen LogP contribution in [0.4, 0.5) is 17.2 Å². The number of nitrogens with zero attached hydrogens (tertiary/aromatic N) is 4. The molecule has 3 heterocycles. The number of nitrogens with one attached hydrogen (secondary N) is 2. The Balaban J connectivity index is 1.20. The van der Waals surface area contributed by atoms with E-state index in [9.17, 15) is 19.5 Å². The molecule has 4 aromatic rings. The summed E-state index contributed by atoms with van der Waals surface area (Å²) in [7, 11) is 1.68. The van der Waals surface area contributed by atoms with Gasteiger partial charge in [-0.3, -0.25) is 19.3 Å². The zero-order valence-electron chi connectivity index (χ0n) is 27.2. The van der Waals surface area contributed by atoms with Gasteiger partial charge in [-0.2, -0.15) is 0 Å². The maximum absolute atomic E-state index is 13.3. The van der Waals surface area contributed by atoms with Crippen LogP contribution >= 0.6 is 11.3 Å². The lowest BCUT2D eigenvalue weighted by Gasteiger charge is -2.37. The summed E-state index contributed by atoms with van der Waals surface area (Å²) in [5, 5.41) is 16.3. The van der Waals surface area contributed by atoms with Gasteiger partial charge in [-0.1, -0.05) is 37.6 Å². The first-order valence-electron chi connectivity index (χ1n) is 16.4. The number of thiophene rings is 1. The SMILES string of the molecule is CCN1CCN(C(C(=O)O)c2ccc(Nc3nc(-c4cccc(NC(=O)c5cc6c(s5)CCCCC6)c4C)cn(C)c3=O)cc2)CC1. The van der Waals surface area contributed by atoms with Crippen molar-refractivity contribution in [3.05, 3.63) is 91.5 Å². The monoisotopic (exact) mass is 654 g/mol. The first kappa shape index (κ1) is 32.6. The van der Waals surface area contributed by atoms with E-state index in [4.69, 9.17) is 4.98 Å². The molecule has 47 heavy (non-hydrogen) atoms. The molecule has 2 aliphatic rings. The molecule has 246 valence electrons. The number of carbonyl (C=O) groups excluding carboxylic acids is 1. The second-order valence-corrected chi connectivity index (χ2v) is 13.5. The van der Waals surface area contributed by atoms with Crippen LogP contribution in [-0.2, 0) is 24.7 Å². The molecule has 1 amide bonds. The van der Waals surface area contributed by atoms with E-state index in [1.54, 1.807) is 48.8 Å². The number of piperazine rings is 1. The third-order valence-electron chi connectivity index (χ3n) is 9.34. The summed E-state index contributed by atoms with van der Waals surface area (Å²) >= 11 is 1.60. The number of amides is 1. The first-order valence-corrected chi connectivity index (χ1v) is 17.2. The Morgan fingerprint density at radius 3 is 2.49 bits per heavy atom. The lowest BCUT2D eigenvalue weighted by atomic mass is 10.0. The van der Waals surface area contributed by atoms with Crippen molar-refractivity contribution in [2.45, 2.75) is 52.0 Å². The molecule has 0 saturated carbocycles. The number of carbonyl (C=O) groups is 2. The largest absolute Gasteiger partial charge is 0.480 e. The Kier molecular flexibility index (Phi) is 9.86.